The number of alkyl halides is 3. The van der Waals surface area contributed by atoms with Crippen molar-refractivity contribution in [3.63, 3.8) is 0 Å². The van der Waals surface area contributed by atoms with Gasteiger partial charge in [-0.15, -0.1) is 0 Å². The molecule has 170 valence electrons. The minimum absolute atomic E-state index is 0.0178. The molecule has 10 heteroatoms. The molecule has 0 aromatic heterocycles. The van der Waals surface area contributed by atoms with E-state index in [9.17, 15) is 23.1 Å². The zero-order valence-electron chi connectivity index (χ0n) is 17.3. The van der Waals surface area contributed by atoms with Crippen LogP contribution in [0.25, 0.3) is 0 Å². The second kappa shape index (κ2) is 10.3. The SMILES string of the molecule is COc1cc(C[NH2+]C(C)(C)CO)c(Br)cc1OCC(=O)Nc1cccc(C(F)(F)F)c1. The van der Waals surface area contributed by atoms with Crippen LogP contribution in [0.4, 0.5) is 18.9 Å². The van der Waals surface area contributed by atoms with E-state index in [-0.39, 0.29) is 17.8 Å². The van der Waals surface area contributed by atoms with Crippen LogP contribution in [-0.4, -0.2) is 36.9 Å². The van der Waals surface area contributed by atoms with Gasteiger partial charge in [0.2, 0.25) is 0 Å². The third-order valence-electron chi connectivity index (χ3n) is 4.45. The van der Waals surface area contributed by atoms with Crippen LogP contribution in [0.1, 0.15) is 25.0 Å². The highest BCUT2D eigenvalue weighted by molar-refractivity contribution is 9.10. The van der Waals surface area contributed by atoms with E-state index in [2.05, 4.69) is 21.2 Å². The maximum atomic E-state index is 12.8. The Labute approximate surface area is 186 Å². The van der Waals surface area contributed by atoms with E-state index in [1.165, 1.54) is 19.2 Å². The zero-order chi connectivity index (χ0) is 23.2. The number of nitrogens with one attached hydrogen (secondary N) is 1. The van der Waals surface area contributed by atoms with Crippen LogP contribution >= 0.6 is 15.9 Å². The highest BCUT2D eigenvalue weighted by atomic mass is 79.9. The minimum Gasteiger partial charge on any atom is -0.493 e. The number of hydrogen-bond acceptors (Lipinski definition) is 4. The van der Waals surface area contributed by atoms with E-state index in [1.807, 2.05) is 19.2 Å². The molecule has 0 fully saturated rings. The summed E-state index contributed by atoms with van der Waals surface area (Å²) in [5.74, 6) is 0.0959. The molecule has 0 heterocycles. The number of carbonyl (C=O) groups is 1. The summed E-state index contributed by atoms with van der Waals surface area (Å²) < 4.78 is 50.0. The van der Waals surface area contributed by atoms with Crippen LogP contribution in [0.3, 0.4) is 0 Å². The quantitative estimate of drug-likeness (QED) is 0.488. The summed E-state index contributed by atoms with van der Waals surface area (Å²) in [7, 11) is 1.46. The molecular weight excluding hydrogens is 481 g/mol. The van der Waals surface area contributed by atoms with Gasteiger partial charge in [0.1, 0.15) is 12.1 Å². The number of amides is 1. The largest absolute Gasteiger partial charge is 0.493 e. The maximum absolute atomic E-state index is 12.8. The Bertz CT molecular complexity index is 920. The molecule has 4 N–H and O–H groups in total. The van der Waals surface area contributed by atoms with Crippen molar-refractivity contribution in [3.05, 3.63) is 52.0 Å². The van der Waals surface area contributed by atoms with Gasteiger partial charge in [-0.3, -0.25) is 4.79 Å². The Balaban J connectivity index is 2.04. The molecule has 2 aromatic carbocycles. The van der Waals surface area contributed by atoms with Gasteiger partial charge in [0, 0.05) is 15.7 Å². The first-order valence-corrected chi connectivity index (χ1v) is 10.2. The molecule has 2 rings (SSSR count). The van der Waals surface area contributed by atoms with Gasteiger partial charge in [0.25, 0.3) is 5.91 Å². The summed E-state index contributed by atoms with van der Waals surface area (Å²) in [6.45, 7) is 4.00. The van der Waals surface area contributed by atoms with Crippen LogP contribution < -0.4 is 20.1 Å². The number of anilines is 1. The van der Waals surface area contributed by atoms with Crippen molar-refractivity contribution in [2.45, 2.75) is 32.1 Å². The van der Waals surface area contributed by atoms with Crippen LogP contribution in [0, 0.1) is 0 Å². The Kier molecular flexibility index (Phi) is 8.33. The number of aliphatic hydroxyl groups is 1. The zero-order valence-corrected chi connectivity index (χ0v) is 18.9. The van der Waals surface area contributed by atoms with Crippen molar-refractivity contribution in [1.29, 1.82) is 0 Å². The van der Waals surface area contributed by atoms with E-state index in [1.54, 1.807) is 12.1 Å². The van der Waals surface area contributed by atoms with E-state index in [0.29, 0.717) is 18.0 Å². The van der Waals surface area contributed by atoms with Crippen LogP contribution in [0.15, 0.2) is 40.9 Å². The van der Waals surface area contributed by atoms with E-state index in [4.69, 9.17) is 9.47 Å². The monoisotopic (exact) mass is 505 g/mol. The molecule has 0 aliphatic heterocycles. The summed E-state index contributed by atoms with van der Waals surface area (Å²) in [6, 6.07) is 7.78. The average Bonchev–Trinajstić information content (AvgIpc) is 2.71. The summed E-state index contributed by atoms with van der Waals surface area (Å²) >= 11 is 3.46. The number of benzene rings is 2. The van der Waals surface area contributed by atoms with Crippen LogP contribution in [0.5, 0.6) is 11.5 Å². The lowest BCUT2D eigenvalue weighted by Crippen LogP contribution is -2.95. The van der Waals surface area contributed by atoms with Crippen molar-refractivity contribution in [2.24, 2.45) is 0 Å². The van der Waals surface area contributed by atoms with Gasteiger partial charge >= 0.3 is 6.18 Å². The van der Waals surface area contributed by atoms with Gasteiger partial charge in [-0.05, 0) is 44.2 Å². The molecule has 1 amide bonds. The molecular formula is C21H25BrF3N2O4+. The summed E-state index contributed by atoms with van der Waals surface area (Å²) in [6.07, 6.45) is -4.50. The number of quaternary nitrogens is 1. The van der Waals surface area contributed by atoms with Crippen molar-refractivity contribution in [2.75, 3.05) is 25.6 Å². The second-order valence-electron chi connectivity index (χ2n) is 7.56. The molecule has 0 aliphatic carbocycles. The molecule has 0 bridgehead atoms. The van der Waals surface area contributed by atoms with Gasteiger partial charge in [0.15, 0.2) is 18.1 Å². The smallest absolute Gasteiger partial charge is 0.416 e. The molecule has 0 saturated carbocycles. The molecule has 0 atom stereocenters. The van der Waals surface area contributed by atoms with Crippen molar-refractivity contribution in [1.82, 2.24) is 0 Å². The number of rotatable bonds is 9. The molecule has 0 saturated heterocycles. The minimum atomic E-state index is -4.50. The first-order chi connectivity index (χ1) is 14.4. The predicted molar refractivity (Wildman–Crippen MR) is 113 cm³/mol. The van der Waals surface area contributed by atoms with Gasteiger partial charge in [-0.2, -0.15) is 13.2 Å². The van der Waals surface area contributed by atoms with Gasteiger partial charge in [-0.25, -0.2) is 0 Å². The Morgan fingerprint density at radius 3 is 2.52 bits per heavy atom. The molecule has 0 radical (unpaired) electrons. The number of methoxy groups -OCH3 is 1. The highest BCUT2D eigenvalue weighted by Gasteiger charge is 2.30. The number of ether oxygens (including phenoxy) is 2. The van der Waals surface area contributed by atoms with E-state index < -0.39 is 24.3 Å². The summed E-state index contributed by atoms with van der Waals surface area (Å²) in [4.78, 5) is 12.1. The number of carbonyl (C=O) groups excluding carboxylic acids is 1. The van der Waals surface area contributed by atoms with Crippen molar-refractivity contribution < 1.29 is 37.9 Å². The third-order valence-corrected chi connectivity index (χ3v) is 5.19. The van der Waals surface area contributed by atoms with Gasteiger partial charge < -0.3 is 25.2 Å². The molecule has 31 heavy (non-hydrogen) atoms. The first-order valence-electron chi connectivity index (χ1n) is 9.37. The Hall–Kier alpha value is -2.30. The third kappa shape index (κ3) is 7.41. The fourth-order valence-electron chi connectivity index (χ4n) is 2.57. The number of nitrogens with two attached hydrogens (primary N) is 1. The lowest BCUT2D eigenvalue weighted by Gasteiger charge is -2.21. The van der Waals surface area contributed by atoms with Crippen molar-refractivity contribution >= 4 is 27.5 Å². The van der Waals surface area contributed by atoms with Crippen LogP contribution in [-0.2, 0) is 17.5 Å². The molecule has 0 spiro atoms. The fraction of sp³-hybridized carbons (Fsp3) is 0.381. The maximum Gasteiger partial charge on any atom is 0.416 e. The summed E-state index contributed by atoms with van der Waals surface area (Å²) in [5.41, 5.74) is -0.273. The molecule has 2 aromatic rings. The average molecular weight is 506 g/mol. The topological polar surface area (TPSA) is 84.4 Å². The lowest BCUT2D eigenvalue weighted by atomic mass is 10.1. The van der Waals surface area contributed by atoms with E-state index in [0.717, 1.165) is 22.2 Å². The highest BCUT2D eigenvalue weighted by Crippen LogP contribution is 2.34. The number of aliphatic hydroxyl groups excluding tert-OH is 1. The van der Waals surface area contributed by atoms with Crippen molar-refractivity contribution in [3.8, 4) is 11.5 Å². The second-order valence-corrected chi connectivity index (χ2v) is 8.42. The molecule has 0 aliphatic rings. The molecule has 0 unspecified atom stereocenters. The normalized spacial score (nSPS) is 11.9. The molecule has 6 nitrogen and oxygen atoms in total. The first kappa shape index (κ1) is 25.0. The van der Waals surface area contributed by atoms with Gasteiger partial charge in [-0.1, -0.05) is 22.0 Å². The predicted octanol–water partition coefficient (Wildman–Crippen LogP) is 3.33. The lowest BCUT2D eigenvalue weighted by molar-refractivity contribution is -0.736. The van der Waals surface area contributed by atoms with E-state index >= 15 is 0 Å². The number of halogens is 4. The standard InChI is InChI=1S/C21H24BrF3N2O4/c1-20(2,12-28)26-10-13-7-17(30-3)18(9-16(13)22)31-11-19(29)27-15-6-4-5-14(8-15)21(23,24)25/h4-9,26,28H,10-12H2,1-3H3,(H,27,29)/p+1. The fourth-order valence-corrected chi connectivity index (χ4v) is 3.05. The Morgan fingerprint density at radius 2 is 1.90 bits per heavy atom. The van der Waals surface area contributed by atoms with Gasteiger partial charge in [0.05, 0.1) is 19.3 Å². The van der Waals surface area contributed by atoms with Crippen LogP contribution in [0.2, 0.25) is 0 Å². The number of hydrogen-bond donors (Lipinski definition) is 3. The Morgan fingerprint density at radius 1 is 1.19 bits per heavy atom. The summed E-state index contributed by atoms with van der Waals surface area (Å²) in [5, 5.41) is 13.8.